The SMILES string of the molecule is COc1ccc(C(=O)Nc2ccc(SCC(=O)O)nc2)cc1. The molecule has 114 valence electrons. The van der Waals surface area contributed by atoms with Crippen LogP contribution >= 0.6 is 11.8 Å². The summed E-state index contributed by atoms with van der Waals surface area (Å²) in [6.45, 7) is 0. The van der Waals surface area contributed by atoms with Crippen LogP contribution in [0.1, 0.15) is 10.4 Å². The van der Waals surface area contributed by atoms with Gasteiger partial charge in [-0.1, -0.05) is 11.8 Å². The second-order valence-electron chi connectivity index (χ2n) is 4.25. The van der Waals surface area contributed by atoms with Crippen LogP contribution in [-0.2, 0) is 4.79 Å². The summed E-state index contributed by atoms with van der Waals surface area (Å²) in [7, 11) is 1.56. The summed E-state index contributed by atoms with van der Waals surface area (Å²) in [4.78, 5) is 26.6. The third-order valence-corrected chi connectivity index (χ3v) is 3.62. The normalized spacial score (nSPS) is 10.0. The number of rotatable bonds is 6. The Balaban J connectivity index is 1.97. The van der Waals surface area contributed by atoms with Crippen LogP contribution in [0.5, 0.6) is 5.75 Å². The van der Waals surface area contributed by atoms with Gasteiger partial charge in [0, 0.05) is 5.56 Å². The van der Waals surface area contributed by atoms with Gasteiger partial charge in [-0.15, -0.1) is 0 Å². The predicted octanol–water partition coefficient (Wildman–Crippen LogP) is 2.52. The molecular weight excluding hydrogens is 304 g/mol. The van der Waals surface area contributed by atoms with E-state index in [2.05, 4.69) is 10.3 Å². The van der Waals surface area contributed by atoms with Crippen LogP contribution in [0.25, 0.3) is 0 Å². The highest BCUT2D eigenvalue weighted by Gasteiger charge is 2.07. The number of carboxylic acids is 1. The maximum atomic E-state index is 12.1. The minimum atomic E-state index is -0.899. The number of carboxylic acid groups (broad SMARTS) is 1. The number of thioether (sulfide) groups is 1. The molecule has 1 aromatic heterocycles. The number of aromatic nitrogens is 1. The molecule has 0 aliphatic heterocycles. The van der Waals surface area contributed by atoms with Gasteiger partial charge >= 0.3 is 5.97 Å². The summed E-state index contributed by atoms with van der Waals surface area (Å²) in [5.74, 6) is -0.526. The minimum absolute atomic E-state index is 0.0510. The second-order valence-corrected chi connectivity index (χ2v) is 5.25. The van der Waals surface area contributed by atoms with Gasteiger partial charge in [0.2, 0.25) is 0 Å². The quantitative estimate of drug-likeness (QED) is 0.796. The Morgan fingerprint density at radius 1 is 1.23 bits per heavy atom. The van der Waals surface area contributed by atoms with Gasteiger partial charge < -0.3 is 15.2 Å². The van der Waals surface area contributed by atoms with Crippen molar-refractivity contribution >= 4 is 29.3 Å². The number of carbonyl (C=O) groups excluding carboxylic acids is 1. The third-order valence-electron chi connectivity index (χ3n) is 2.69. The van der Waals surface area contributed by atoms with Crippen molar-refractivity contribution < 1.29 is 19.4 Å². The number of anilines is 1. The van der Waals surface area contributed by atoms with Crippen molar-refractivity contribution in [3.05, 3.63) is 48.2 Å². The first-order valence-corrected chi connectivity index (χ1v) is 7.33. The van der Waals surface area contributed by atoms with E-state index in [0.29, 0.717) is 22.0 Å². The molecule has 0 spiro atoms. The lowest BCUT2D eigenvalue weighted by molar-refractivity contribution is -0.133. The maximum absolute atomic E-state index is 12.1. The van der Waals surface area contributed by atoms with Crippen LogP contribution in [0.3, 0.4) is 0 Å². The van der Waals surface area contributed by atoms with Gasteiger partial charge in [0.25, 0.3) is 5.91 Å². The number of nitrogens with zero attached hydrogens (tertiary/aromatic N) is 1. The summed E-state index contributed by atoms with van der Waals surface area (Å²) in [5.41, 5.74) is 1.05. The third kappa shape index (κ3) is 4.49. The largest absolute Gasteiger partial charge is 0.497 e. The van der Waals surface area contributed by atoms with E-state index < -0.39 is 5.97 Å². The summed E-state index contributed by atoms with van der Waals surface area (Å²) in [5, 5.41) is 11.9. The van der Waals surface area contributed by atoms with Crippen LogP contribution in [0, 0.1) is 0 Å². The molecule has 1 amide bonds. The molecule has 6 nitrogen and oxygen atoms in total. The Morgan fingerprint density at radius 2 is 1.95 bits per heavy atom. The fourth-order valence-corrected chi connectivity index (χ4v) is 2.18. The molecule has 0 atom stereocenters. The summed E-state index contributed by atoms with van der Waals surface area (Å²) in [6.07, 6.45) is 1.49. The van der Waals surface area contributed by atoms with Crippen molar-refractivity contribution in [1.29, 1.82) is 0 Å². The Labute approximate surface area is 131 Å². The van der Waals surface area contributed by atoms with Gasteiger partial charge in [-0.3, -0.25) is 9.59 Å². The van der Waals surface area contributed by atoms with E-state index in [9.17, 15) is 9.59 Å². The van der Waals surface area contributed by atoms with Crippen LogP contribution in [0.15, 0.2) is 47.6 Å². The number of carbonyl (C=O) groups is 2. The number of ether oxygens (including phenoxy) is 1. The van der Waals surface area contributed by atoms with Gasteiger partial charge in [0.15, 0.2) is 0 Å². The van der Waals surface area contributed by atoms with Crippen molar-refractivity contribution in [3.8, 4) is 5.75 Å². The molecule has 0 aliphatic rings. The fourth-order valence-electron chi connectivity index (χ4n) is 1.62. The average Bonchev–Trinajstić information content (AvgIpc) is 2.54. The molecule has 7 heteroatoms. The zero-order chi connectivity index (χ0) is 15.9. The minimum Gasteiger partial charge on any atom is -0.497 e. The number of aliphatic carboxylic acids is 1. The zero-order valence-corrected chi connectivity index (χ0v) is 12.6. The molecule has 2 N–H and O–H groups in total. The number of hydrogen-bond acceptors (Lipinski definition) is 5. The highest BCUT2D eigenvalue weighted by Crippen LogP contribution is 2.18. The Morgan fingerprint density at radius 3 is 2.50 bits per heavy atom. The van der Waals surface area contributed by atoms with Crippen LogP contribution in [0.4, 0.5) is 5.69 Å². The maximum Gasteiger partial charge on any atom is 0.313 e. The number of amides is 1. The smallest absolute Gasteiger partial charge is 0.313 e. The van der Waals surface area contributed by atoms with Crippen LogP contribution < -0.4 is 10.1 Å². The van der Waals surface area contributed by atoms with Gasteiger partial charge in [0.1, 0.15) is 5.75 Å². The number of pyridine rings is 1. The number of methoxy groups -OCH3 is 1. The average molecular weight is 318 g/mol. The first kappa shape index (κ1) is 15.8. The van der Waals surface area contributed by atoms with Gasteiger partial charge in [0.05, 0.1) is 29.8 Å². The zero-order valence-electron chi connectivity index (χ0n) is 11.8. The predicted molar refractivity (Wildman–Crippen MR) is 83.5 cm³/mol. The standard InChI is InChI=1S/C15H14N2O4S/c1-21-12-5-2-10(3-6-12)15(20)17-11-4-7-13(16-8-11)22-9-14(18)19/h2-8H,9H2,1H3,(H,17,20)(H,18,19). The molecule has 0 saturated heterocycles. The lowest BCUT2D eigenvalue weighted by Gasteiger charge is -2.06. The number of hydrogen-bond donors (Lipinski definition) is 2. The highest BCUT2D eigenvalue weighted by molar-refractivity contribution is 7.99. The van der Waals surface area contributed by atoms with Gasteiger partial charge in [-0.25, -0.2) is 4.98 Å². The summed E-state index contributed by atoms with van der Waals surface area (Å²) in [6, 6.07) is 10.1. The van der Waals surface area contributed by atoms with Crippen molar-refractivity contribution in [2.45, 2.75) is 5.03 Å². The molecular formula is C15H14N2O4S. The van der Waals surface area contributed by atoms with Crippen molar-refractivity contribution in [3.63, 3.8) is 0 Å². The Hall–Kier alpha value is -2.54. The first-order chi connectivity index (χ1) is 10.6. The Kier molecular flexibility index (Phi) is 5.37. The number of nitrogens with one attached hydrogen (secondary N) is 1. The molecule has 22 heavy (non-hydrogen) atoms. The molecule has 0 saturated carbocycles. The second kappa shape index (κ2) is 7.46. The van der Waals surface area contributed by atoms with Gasteiger partial charge in [-0.05, 0) is 36.4 Å². The van der Waals surface area contributed by atoms with E-state index in [1.807, 2.05) is 0 Å². The molecule has 0 fully saturated rings. The first-order valence-electron chi connectivity index (χ1n) is 6.34. The highest BCUT2D eigenvalue weighted by atomic mass is 32.2. The van der Waals surface area contributed by atoms with E-state index in [4.69, 9.17) is 9.84 Å². The van der Waals surface area contributed by atoms with E-state index >= 15 is 0 Å². The summed E-state index contributed by atoms with van der Waals surface area (Å²) >= 11 is 1.12. The van der Waals surface area contributed by atoms with E-state index in [1.165, 1.54) is 6.20 Å². The fraction of sp³-hybridized carbons (Fsp3) is 0.133. The summed E-state index contributed by atoms with van der Waals surface area (Å²) < 4.78 is 5.03. The topological polar surface area (TPSA) is 88.5 Å². The van der Waals surface area contributed by atoms with Gasteiger partial charge in [-0.2, -0.15) is 0 Å². The molecule has 0 aliphatic carbocycles. The van der Waals surface area contributed by atoms with Crippen LogP contribution in [-0.4, -0.2) is 34.8 Å². The lowest BCUT2D eigenvalue weighted by Crippen LogP contribution is -2.11. The molecule has 0 radical (unpaired) electrons. The van der Waals surface area contributed by atoms with Crippen molar-refractivity contribution in [2.75, 3.05) is 18.2 Å². The number of benzene rings is 1. The molecule has 1 aromatic carbocycles. The molecule has 2 aromatic rings. The van der Waals surface area contributed by atoms with E-state index in [-0.39, 0.29) is 11.7 Å². The molecule has 1 heterocycles. The van der Waals surface area contributed by atoms with Crippen molar-refractivity contribution in [2.24, 2.45) is 0 Å². The molecule has 2 rings (SSSR count). The van der Waals surface area contributed by atoms with Crippen LogP contribution in [0.2, 0.25) is 0 Å². The monoisotopic (exact) mass is 318 g/mol. The lowest BCUT2D eigenvalue weighted by atomic mass is 10.2. The molecule has 0 unspecified atom stereocenters. The van der Waals surface area contributed by atoms with E-state index in [0.717, 1.165) is 11.8 Å². The molecule has 0 bridgehead atoms. The van der Waals surface area contributed by atoms with E-state index in [1.54, 1.807) is 43.5 Å². The van der Waals surface area contributed by atoms with Crippen molar-refractivity contribution in [1.82, 2.24) is 4.98 Å². The Bertz CT molecular complexity index is 656.